The van der Waals surface area contributed by atoms with Crippen molar-refractivity contribution in [1.29, 1.82) is 0 Å². The van der Waals surface area contributed by atoms with Crippen molar-refractivity contribution in [2.45, 2.75) is 57.1 Å². The lowest BCUT2D eigenvalue weighted by molar-refractivity contribution is -0.0354. The van der Waals surface area contributed by atoms with Crippen LogP contribution in [0.4, 0.5) is 4.39 Å². The molecule has 0 spiro atoms. The van der Waals surface area contributed by atoms with E-state index in [1.807, 2.05) is 6.07 Å². The van der Waals surface area contributed by atoms with Gasteiger partial charge in [-0.25, -0.2) is 4.39 Å². The predicted octanol–water partition coefficient (Wildman–Crippen LogP) is 4.35. The van der Waals surface area contributed by atoms with Gasteiger partial charge in [0.05, 0.1) is 10.6 Å². The lowest BCUT2D eigenvalue weighted by Crippen LogP contribution is -2.52. The highest BCUT2D eigenvalue weighted by Gasteiger charge is 2.41. The Morgan fingerprint density at radius 3 is 2.71 bits per heavy atom. The molecule has 1 saturated carbocycles. The van der Waals surface area contributed by atoms with Crippen molar-refractivity contribution in [3.63, 3.8) is 0 Å². The van der Waals surface area contributed by atoms with E-state index in [4.69, 9.17) is 16.3 Å². The molecule has 0 aliphatic heterocycles. The van der Waals surface area contributed by atoms with Gasteiger partial charge in [-0.15, -0.1) is 0 Å². The van der Waals surface area contributed by atoms with Crippen LogP contribution >= 0.6 is 11.6 Å². The highest BCUT2D eigenvalue weighted by molar-refractivity contribution is 6.31. The summed E-state index contributed by atoms with van der Waals surface area (Å²) in [5.41, 5.74) is 0.707. The largest absolute Gasteiger partial charge is 0.377 e. The number of halogens is 2. The van der Waals surface area contributed by atoms with Crippen LogP contribution in [0.1, 0.15) is 44.6 Å². The summed E-state index contributed by atoms with van der Waals surface area (Å²) in [6, 6.07) is 5.21. The maximum absolute atomic E-state index is 13.7. The van der Waals surface area contributed by atoms with E-state index in [-0.39, 0.29) is 22.5 Å². The highest BCUT2D eigenvalue weighted by atomic mass is 35.5. The second-order valence-electron chi connectivity index (χ2n) is 5.90. The van der Waals surface area contributed by atoms with Gasteiger partial charge in [0.15, 0.2) is 0 Å². The number of methoxy groups -OCH3 is 1. The second kappa shape index (κ2) is 7.57. The van der Waals surface area contributed by atoms with E-state index < -0.39 is 0 Å². The zero-order valence-corrected chi connectivity index (χ0v) is 13.7. The van der Waals surface area contributed by atoms with Gasteiger partial charge in [0, 0.05) is 13.2 Å². The van der Waals surface area contributed by atoms with E-state index in [1.54, 1.807) is 13.2 Å². The van der Waals surface area contributed by atoms with Crippen molar-refractivity contribution in [3.05, 3.63) is 34.6 Å². The molecule has 1 unspecified atom stereocenters. The molecule has 118 valence electrons. The average Bonchev–Trinajstić information content (AvgIpc) is 2.97. The third-order valence-corrected chi connectivity index (χ3v) is 5.01. The van der Waals surface area contributed by atoms with E-state index in [0.29, 0.717) is 6.42 Å². The Balaban J connectivity index is 2.21. The third kappa shape index (κ3) is 3.77. The summed E-state index contributed by atoms with van der Waals surface area (Å²) in [7, 11) is 1.79. The minimum Gasteiger partial charge on any atom is -0.377 e. The fraction of sp³-hybridized carbons (Fsp3) is 0.647. The van der Waals surface area contributed by atoms with E-state index in [0.717, 1.165) is 31.4 Å². The zero-order chi connectivity index (χ0) is 15.3. The van der Waals surface area contributed by atoms with Gasteiger partial charge in [0.2, 0.25) is 0 Å². The van der Waals surface area contributed by atoms with Crippen molar-refractivity contribution in [3.8, 4) is 0 Å². The topological polar surface area (TPSA) is 21.3 Å². The molecule has 1 atom stereocenters. The van der Waals surface area contributed by atoms with Crippen LogP contribution in [0.15, 0.2) is 18.2 Å². The van der Waals surface area contributed by atoms with Crippen LogP contribution in [0.3, 0.4) is 0 Å². The number of nitrogens with one attached hydrogen (secondary N) is 1. The Labute approximate surface area is 132 Å². The van der Waals surface area contributed by atoms with E-state index >= 15 is 0 Å². The molecule has 0 amide bonds. The van der Waals surface area contributed by atoms with Crippen molar-refractivity contribution in [2.24, 2.45) is 0 Å². The van der Waals surface area contributed by atoms with Gasteiger partial charge in [0.25, 0.3) is 0 Å². The number of rotatable bonds is 7. The fourth-order valence-electron chi connectivity index (χ4n) is 3.36. The van der Waals surface area contributed by atoms with Gasteiger partial charge in [-0.2, -0.15) is 0 Å². The van der Waals surface area contributed by atoms with Crippen molar-refractivity contribution < 1.29 is 9.13 Å². The van der Waals surface area contributed by atoms with Gasteiger partial charge in [-0.05, 0) is 43.9 Å². The molecule has 0 bridgehead atoms. The quantitative estimate of drug-likeness (QED) is 0.808. The second-order valence-corrected chi connectivity index (χ2v) is 6.28. The first-order chi connectivity index (χ1) is 10.1. The molecule has 0 saturated heterocycles. The van der Waals surface area contributed by atoms with Crippen LogP contribution < -0.4 is 5.32 Å². The normalized spacial score (nSPS) is 18.9. The lowest BCUT2D eigenvalue weighted by atomic mass is 9.87. The van der Waals surface area contributed by atoms with Crippen LogP contribution in [0.25, 0.3) is 0 Å². The molecular formula is C17H25ClFNO. The van der Waals surface area contributed by atoms with Gasteiger partial charge >= 0.3 is 0 Å². The maximum atomic E-state index is 13.7. The molecule has 4 heteroatoms. The smallest absolute Gasteiger partial charge is 0.142 e. The SMILES string of the molecule is CCCNC(Cc1cccc(F)c1Cl)C1(OC)CCCC1. The number of hydrogen-bond acceptors (Lipinski definition) is 2. The van der Waals surface area contributed by atoms with Crippen molar-refractivity contribution in [2.75, 3.05) is 13.7 Å². The van der Waals surface area contributed by atoms with Crippen molar-refractivity contribution >= 4 is 11.6 Å². The minimum atomic E-state index is -0.346. The van der Waals surface area contributed by atoms with E-state index in [2.05, 4.69) is 12.2 Å². The Kier molecular flexibility index (Phi) is 6.03. The Hall–Kier alpha value is -0.640. The molecule has 21 heavy (non-hydrogen) atoms. The van der Waals surface area contributed by atoms with Crippen LogP contribution in [0.5, 0.6) is 0 Å². The molecular weight excluding hydrogens is 289 g/mol. The number of benzene rings is 1. The monoisotopic (exact) mass is 313 g/mol. The predicted molar refractivity (Wildman–Crippen MR) is 85.4 cm³/mol. The van der Waals surface area contributed by atoms with Crippen LogP contribution in [-0.4, -0.2) is 25.3 Å². The van der Waals surface area contributed by atoms with Gasteiger partial charge < -0.3 is 10.1 Å². The summed E-state index contributed by atoms with van der Waals surface area (Å²) >= 11 is 6.12. The molecule has 1 aliphatic carbocycles. The zero-order valence-electron chi connectivity index (χ0n) is 12.9. The Morgan fingerprint density at radius 2 is 2.10 bits per heavy atom. The fourth-order valence-corrected chi connectivity index (χ4v) is 3.56. The van der Waals surface area contributed by atoms with E-state index in [9.17, 15) is 4.39 Å². The third-order valence-electron chi connectivity index (χ3n) is 4.59. The van der Waals surface area contributed by atoms with Crippen LogP contribution in [0, 0.1) is 5.82 Å². The minimum absolute atomic E-state index is 0.148. The summed E-state index contributed by atoms with van der Waals surface area (Å²) in [4.78, 5) is 0. The highest BCUT2D eigenvalue weighted by Crippen LogP contribution is 2.37. The first kappa shape index (κ1) is 16.7. The first-order valence-electron chi connectivity index (χ1n) is 7.84. The van der Waals surface area contributed by atoms with Crippen LogP contribution in [-0.2, 0) is 11.2 Å². The molecule has 0 radical (unpaired) electrons. The summed E-state index contributed by atoms with van der Waals surface area (Å²) in [6.45, 7) is 3.08. The van der Waals surface area contributed by atoms with Gasteiger partial charge in [0.1, 0.15) is 5.82 Å². The van der Waals surface area contributed by atoms with E-state index in [1.165, 1.54) is 18.9 Å². The molecule has 2 nitrogen and oxygen atoms in total. The van der Waals surface area contributed by atoms with Gasteiger partial charge in [-0.1, -0.05) is 43.5 Å². The summed E-state index contributed by atoms with van der Waals surface area (Å²) in [5.74, 6) is -0.346. The summed E-state index contributed by atoms with van der Waals surface area (Å²) in [6.07, 6.45) is 6.25. The molecule has 0 heterocycles. The molecule has 1 N–H and O–H groups in total. The summed E-state index contributed by atoms with van der Waals surface area (Å²) in [5, 5.41) is 3.83. The molecule has 1 aliphatic rings. The average molecular weight is 314 g/mol. The number of hydrogen-bond donors (Lipinski definition) is 1. The standard InChI is InChI=1S/C17H25ClFNO/c1-3-11-20-15(17(21-2)9-4-5-10-17)12-13-7-6-8-14(19)16(13)18/h6-8,15,20H,3-5,9-12H2,1-2H3. The molecule has 0 aromatic heterocycles. The summed E-state index contributed by atoms with van der Waals surface area (Å²) < 4.78 is 19.6. The molecule has 2 rings (SSSR count). The Morgan fingerprint density at radius 1 is 1.38 bits per heavy atom. The van der Waals surface area contributed by atoms with Crippen LogP contribution in [0.2, 0.25) is 5.02 Å². The molecule has 1 fully saturated rings. The maximum Gasteiger partial charge on any atom is 0.142 e. The molecule has 1 aromatic rings. The van der Waals surface area contributed by atoms with Crippen molar-refractivity contribution in [1.82, 2.24) is 5.32 Å². The Bertz CT molecular complexity index is 460. The lowest BCUT2D eigenvalue weighted by Gasteiger charge is -2.37. The van der Waals surface area contributed by atoms with Gasteiger partial charge in [-0.3, -0.25) is 0 Å². The molecule has 1 aromatic carbocycles. The first-order valence-corrected chi connectivity index (χ1v) is 8.22. The number of ether oxygens (including phenoxy) is 1.